The average molecular weight is 178 g/mol. The monoisotopic (exact) mass is 178 g/mol. The van der Waals surface area contributed by atoms with Crippen molar-refractivity contribution >= 4 is 0 Å². The van der Waals surface area contributed by atoms with Crippen molar-refractivity contribution in [1.82, 2.24) is 0 Å². The quantitative estimate of drug-likeness (QED) is 0.444. The van der Waals surface area contributed by atoms with E-state index in [-0.39, 0.29) is 0 Å². The third-order valence-corrected chi connectivity index (χ3v) is 4.02. The molecule has 2 fully saturated rings. The van der Waals surface area contributed by atoms with E-state index in [2.05, 4.69) is 12.2 Å². The zero-order valence-corrected chi connectivity index (χ0v) is 8.11. The van der Waals surface area contributed by atoms with Gasteiger partial charge in [-0.1, -0.05) is 12.2 Å². The fraction of sp³-hybridized carbons (Fsp3) is 0.833. The van der Waals surface area contributed by atoms with Gasteiger partial charge in [0.1, 0.15) is 0 Å². The predicted molar refractivity (Wildman–Crippen MR) is 52.5 cm³/mol. The standard InChI is InChI=1S/C12H18O/c1-2-4-9(5-3-1)10-6-7-11-12(8-10)13-11/h1-2,9-12H,3-8H2. The minimum absolute atomic E-state index is 0.671. The van der Waals surface area contributed by atoms with Crippen LogP contribution in [-0.2, 0) is 4.74 Å². The molecule has 1 heterocycles. The summed E-state index contributed by atoms with van der Waals surface area (Å²) in [7, 11) is 0. The Kier molecular flexibility index (Phi) is 1.93. The van der Waals surface area contributed by atoms with Gasteiger partial charge in [0, 0.05) is 0 Å². The Morgan fingerprint density at radius 1 is 0.923 bits per heavy atom. The molecule has 1 saturated carbocycles. The minimum atomic E-state index is 0.671. The molecule has 1 nitrogen and oxygen atoms in total. The van der Waals surface area contributed by atoms with Crippen LogP contribution in [0.5, 0.6) is 0 Å². The summed E-state index contributed by atoms with van der Waals surface area (Å²) in [5.74, 6) is 1.96. The number of fused-ring (bicyclic) bond motifs is 1. The molecule has 1 saturated heterocycles. The molecule has 0 aromatic carbocycles. The first-order chi connectivity index (χ1) is 6.43. The minimum Gasteiger partial charge on any atom is -0.370 e. The molecule has 0 bridgehead atoms. The highest BCUT2D eigenvalue weighted by atomic mass is 16.6. The number of hydrogen-bond acceptors (Lipinski definition) is 1. The van der Waals surface area contributed by atoms with Crippen LogP contribution in [0.3, 0.4) is 0 Å². The largest absolute Gasteiger partial charge is 0.370 e. The van der Waals surface area contributed by atoms with Crippen molar-refractivity contribution in [3.8, 4) is 0 Å². The van der Waals surface area contributed by atoms with Crippen molar-refractivity contribution in [2.45, 2.75) is 50.7 Å². The van der Waals surface area contributed by atoms with Gasteiger partial charge in [0.15, 0.2) is 0 Å². The Labute approximate surface area is 80.2 Å². The van der Waals surface area contributed by atoms with Gasteiger partial charge in [-0.3, -0.25) is 0 Å². The zero-order valence-electron chi connectivity index (χ0n) is 8.11. The molecule has 0 aromatic heterocycles. The van der Waals surface area contributed by atoms with Crippen LogP contribution < -0.4 is 0 Å². The number of rotatable bonds is 1. The van der Waals surface area contributed by atoms with Gasteiger partial charge >= 0.3 is 0 Å². The number of ether oxygens (including phenoxy) is 1. The molecule has 1 aliphatic heterocycles. The van der Waals surface area contributed by atoms with Crippen molar-refractivity contribution in [1.29, 1.82) is 0 Å². The molecule has 4 unspecified atom stereocenters. The number of epoxide rings is 1. The van der Waals surface area contributed by atoms with Crippen LogP contribution in [0.2, 0.25) is 0 Å². The van der Waals surface area contributed by atoms with Crippen LogP contribution >= 0.6 is 0 Å². The molecule has 4 atom stereocenters. The van der Waals surface area contributed by atoms with Crippen LogP contribution in [0.15, 0.2) is 12.2 Å². The van der Waals surface area contributed by atoms with E-state index in [1.54, 1.807) is 0 Å². The summed E-state index contributed by atoms with van der Waals surface area (Å²) in [5, 5.41) is 0. The Morgan fingerprint density at radius 2 is 1.92 bits per heavy atom. The summed E-state index contributed by atoms with van der Waals surface area (Å²) >= 11 is 0. The summed E-state index contributed by atoms with van der Waals surface area (Å²) in [6.07, 6.45) is 14.3. The average Bonchev–Trinajstić information content (AvgIpc) is 2.96. The maximum absolute atomic E-state index is 5.58. The van der Waals surface area contributed by atoms with Crippen LogP contribution in [0.1, 0.15) is 38.5 Å². The molecule has 72 valence electrons. The Bertz CT molecular complexity index is 221. The van der Waals surface area contributed by atoms with Crippen molar-refractivity contribution in [3.63, 3.8) is 0 Å². The van der Waals surface area contributed by atoms with E-state index in [4.69, 9.17) is 4.74 Å². The highest BCUT2D eigenvalue weighted by Crippen LogP contribution is 2.44. The SMILES string of the molecule is C1=CCC(C2CCC3OC3C2)CC1. The summed E-state index contributed by atoms with van der Waals surface area (Å²) in [6.45, 7) is 0. The van der Waals surface area contributed by atoms with E-state index < -0.39 is 0 Å². The van der Waals surface area contributed by atoms with Gasteiger partial charge in [-0.2, -0.15) is 0 Å². The summed E-state index contributed by atoms with van der Waals surface area (Å²) < 4.78 is 5.58. The molecule has 0 N–H and O–H groups in total. The fourth-order valence-electron chi connectivity index (χ4n) is 3.11. The first-order valence-electron chi connectivity index (χ1n) is 5.74. The second-order valence-electron chi connectivity index (χ2n) is 4.83. The maximum atomic E-state index is 5.58. The topological polar surface area (TPSA) is 12.5 Å². The highest BCUT2D eigenvalue weighted by Gasteiger charge is 2.45. The van der Waals surface area contributed by atoms with Crippen LogP contribution in [-0.4, -0.2) is 12.2 Å². The van der Waals surface area contributed by atoms with E-state index in [0.29, 0.717) is 12.2 Å². The molecule has 0 radical (unpaired) electrons. The van der Waals surface area contributed by atoms with Gasteiger partial charge in [0.2, 0.25) is 0 Å². The van der Waals surface area contributed by atoms with E-state index >= 15 is 0 Å². The van der Waals surface area contributed by atoms with E-state index in [1.807, 2.05) is 0 Å². The predicted octanol–water partition coefficient (Wildman–Crippen LogP) is 2.91. The molecular formula is C12H18O. The first kappa shape index (κ1) is 8.05. The van der Waals surface area contributed by atoms with E-state index in [1.165, 1.54) is 38.5 Å². The normalized spacial score (nSPS) is 48.6. The van der Waals surface area contributed by atoms with E-state index in [9.17, 15) is 0 Å². The second kappa shape index (κ2) is 3.13. The zero-order chi connectivity index (χ0) is 8.67. The lowest BCUT2D eigenvalue weighted by Gasteiger charge is -2.29. The third-order valence-electron chi connectivity index (χ3n) is 4.02. The summed E-state index contributed by atoms with van der Waals surface area (Å²) in [6, 6.07) is 0. The van der Waals surface area contributed by atoms with Crippen molar-refractivity contribution in [2.24, 2.45) is 11.8 Å². The van der Waals surface area contributed by atoms with Crippen molar-refractivity contribution in [2.75, 3.05) is 0 Å². The first-order valence-corrected chi connectivity index (χ1v) is 5.74. The van der Waals surface area contributed by atoms with Gasteiger partial charge in [-0.25, -0.2) is 0 Å². The number of hydrogen-bond donors (Lipinski definition) is 0. The van der Waals surface area contributed by atoms with Crippen LogP contribution in [0.25, 0.3) is 0 Å². The summed E-state index contributed by atoms with van der Waals surface area (Å²) in [4.78, 5) is 0. The van der Waals surface area contributed by atoms with Gasteiger partial charge < -0.3 is 4.74 Å². The number of allylic oxidation sites excluding steroid dienone is 2. The molecule has 13 heavy (non-hydrogen) atoms. The highest BCUT2D eigenvalue weighted by molar-refractivity contribution is 4.98. The van der Waals surface area contributed by atoms with Crippen LogP contribution in [0, 0.1) is 11.8 Å². The molecule has 0 aromatic rings. The maximum Gasteiger partial charge on any atom is 0.0844 e. The lowest BCUT2D eigenvalue weighted by molar-refractivity contribution is 0.247. The van der Waals surface area contributed by atoms with E-state index in [0.717, 1.165) is 11.8 Å². The van der Waals surface area contributed by atoms with Gasteiger partial charge in [-0.15, -0.1) is 0 Å². The second-order valence-corrected chi connectivity index (χ2v) is 4.83. The van der Waals surface area contributed by atoms with Gasteiger partial charge in [0.05, 0.1) is 12.2 Å². The summed E-state index contributed by atoms with van der Waals surface area (Å²) in [5.41, 5.74) is 0. The smallest absolute Gasteiger partial charge is 0.0844 e. The lowest BCUT2D eigenvalue weighted by Crippen LogP contribution is -2.22. The van der Waals surface area contributed by atoms with Crippen molar-refractivity contribution < 1.29 is 4.74 Å². The molecule has 3 rings (SSSR count). The van der Waals surface area contributed by atoms with Gasteiger partial charge in [0.25, 0.3) is 0 Å². The molecule has 0 spiro atoms. The Morgan fingerprint density at radius 3 is 2.69 bits per heavy atom. The van der Waals surface area contributed by atoms with Gasteiger partial charge in [-0.05, 0) is 50.4 Å². The molecule has 0 amide bonds. The van der Waals surface area contributed by atoms with Crippen LogP contribution in [0.4, 0.5) is 0 Å². The Balaban J connectivity index is 1.61. The molecule has 1 heteroatoms. The van der Waals surface area contributed by atoms with Crippen molar-refractivity contribution in [3.05, 3.63) is 12.2 Å². The Hall–Kier alpha value is -0.300. The fourth-order valence-corrected chi connectivity index (χ4v) is 3.11. The molecule has 2 aliphatic carbocycles. The lowest BCUT2D eigenvalue weighted by atomic mass is 9.75. The molecule has 3 aliphatic rings. The molecular weight excluding hydrogens is 160 g/mol. The third kappa shape index (κ3) is 1.54.